The minimum absolute atomic E-state index is 0.180. The Bertz CT molecular complexity index is 1040. The van der Waals surface area contributed by atoms with Gasteiger partial charge in [-0.05, 0) is 47.6 Å². The van der Waals surface area contributed by atoms with Crippen LogP contribution in [0.3, 0.4) is 0 Å². The second-order valence-electron chi connectivity index (χ2n) is 6.30. The first-order valence-corrected chi connectivity index (χ1v) is 9.79. The maximum atomic E-state index is 12.0. The topological polar surface area (TPSA) is 98.4 Å². The van der Waals surface area contributed by atoms with E-state index in [1.807, 2.05) is 6.20 Å². The Balaban J connectivity index is 1.71. The van der Waals surface area contributed by atoms with Crippen molar-refractivity contribution >= 4 is 34.7 Å². The summed E-state index contributed by atoms with van der Waals surface area (Å²) in [6.45, 7) is 0. The highest BCUT2D eigenvalue weighted by molar-refractivity contribution is 7.17. The van der Waals surface area contributed by atoms with Crippen LogP contribution < -0.4 is 10.5 Å². The number of carbonyl (C=O) groups excluding carboxylic acids is 2. The highest BCUT2D eigenvalue weighted by Crippen LogP contribution is 2.49. The molecule has 0 saturated heterocycles. The van der Waals surface area contributed by atoms with Crippen LogP contribution >= 0.6 is 22.9 Å². The van der Waals surface area contributed by atoms with Gasteiger partial charge in [-0.2, -0.15) is 0 Å². The summed E-state index contributed by atoms with van der Waals surface area (Å²) in [5.74, 6) is -0.147. The standard InChI is InChI=1S/C18H16N4O3S2/c1-22(2)17(24)12-6-4-10(8-20-12)25-18-13-11(15(26-18)16(19)23)5-3-9-7-21-27-14(9)13/h4,6-8H,3,5H2,1-2H3,(H2,19,23). The highest BCUT2D eigenvalue weighted by Gasteiger charge is 2.30. The maximum Gasteiger partial charge on any atom is 0.271 e. The number of nitrogens with zero attached hydrogens (tertiary/aromatic N) is 3. The average Bonchev–Trinajstić information content (AvgIpc) is 3.26. The van der Waals surface area contributed by atoms with Crippen molar-refractivity contribution < 1.29 is 14.3 Å². The second kappa shape index (κ2) is 6.75. The number of pyridine rings is 1. The van der Waals surface area contributed by atoms with E-state index in [2.05, 4.69) is 9.36 Å². The van der Waals surface area contributed by atoms with Crippen molar-refractivity contribution in [2.75, 3.05) is 14.1 Å². The number of fused-ring (bicyclic) bond motifs is 3. The van der Waals surface area contributed by atoms with E-state index in [4.69, 9.17) is 10.5 Å². The summed E-state index contributed by atoms with van der Waals surface area (Å²) >= 11 is 2.63. The smallest absolute Gasteiger partial charge is 0.271 e. The van der Waals surface area contributed by atoms with Crippen LogP contribution in [0.15, 0.2) is 24.5 Å². The normalized spacial score (nSPS) is 12.2. The molecule has 0 aromatic carbocycles. The Hall–Kier alpha value is -2.78. The third kappa shape index (κ3) is 3.08. The zero-order chi connectivity index (χ0) is 19.1. The Labute approximate surface area is 163 Å². The number of nitrogens with two attached hydrogens (primary N) is 1. The van der Waals surface area contributed by atoms with E-state index < -0.39 is 5.91 Å². The summed E-state index contributed by atoms with van der Waals surface area (Å²) in [5.41, 5.74) is 8.87. The van der Waals surface area contributed by atoms with Crippen LogP contribution in [0.4, 0.5) is 0 Å². The Kier molecular flexibility index (Phi) is 4.40. The number of thiophene rings is 1. The van der Waals surface area contributed by atoms with Crippen molar-refractivity contribution in [1.82, 2.24) is 14.3 Å². The van der Waals surface area contributed by atoms with Crippen molar-refractivity contribution in [2.45, 2.75) is 12.8 Å². The van der Waals surface area contributed by atoms with Gasteiger partial charge in [-0.3, -0.25) is 9.59 Å². The Morgan fingerprint density at radius 1 is 1.22 bits per heavy atom. The largest absolute Gasteiger partial charge is 0.444 e. The van der Waals surface area contributed by atoms with E-state index in [9.17, 15) is 9.59 Å². The SMILES string of the molecule is CN(C)C(=O)c1ccc(Oc2sc(C(N)=O)c3c2-c2sncc2CC3)cn1. The molecule has 27 heavy (non-hydrogen) atoms. The van der Waals surface area contributed by atoms with E-state index in [0.717, 1.165) is 34.4 Å². The molecule has 0 aliphatic heterocycles. The Morgan fingerprint density at radius 2 is 2.04 bits per heavy atom. The quantitative estimate of drug-likeness (QED) is 0.726. The first-order valence-electron chi connectivity index (χ1n) is 8.20. The summed E-state index contributed by atoms with van der Waals surface area (Å²) in [6.07, 6.45) is 4.92. The van der Waals surface area contributed by atoms with Crippen LogP contribution in [0.25, 0.3) is 10.4 Å². The van der Waals surface area contributed by atoms with Gasteiger partial charge in [0.05, 0.1) is 21.5 Å². The predicted octanol–water partition coefficient (Wildman–Crippen LogP) is 2.96. The lowest BCUT2D eigenvalue weighted by atomic mass is 9.93. The minimum atomic E-state index is -0.455. The lowest BCUT2D eigenvalue weighted by Crippen LogP contribution is -2.22. The molecule has 3 aromatic heterocycles. The van der Waals surface area contributed by atoms with Crippen LogP contribution in [0, 0.1) is 0 Å². The Morgan fingerprint density at radius 3 is 2.70 bits per heavy atom. The summed E-state index contributed by atoms with van der Waals surface area (Å²) < 4.78 is 10.3. The number of aromatic nitrogens is 2. The van der Waals surface area contributed by atoms with E-state index in [1.165, 1.54) is 34.0 Å². The van der Waals surface area contributed by atoms with Crippen LogP contribution in [0.2, 0.25) is 0 Å². The molecule has 0 fully saturated rings. The van der Waals surface area contributed by atoms with E-state index in [0.29, 0.717) is 21.4 Å². The van der Waals surface area contributed by atoms with Crippen LogP contribution in [0.1, 0.15) is 31.3 Å². The van der Waals surface area contributed by atoms with Crippen LogP contribution in [0.5, 0.6) is 10.8 Å². The van der Waals surface area contributed by atoms with Crippen molar-refractivity contribution in [3.63, 3.8) is 0 Å². The third-order valence-electron chi connectivity index (χ3n) is 4.29. The number of amides is 2. The van der Waals surface area contributed by atoms with Crippen molar-refractivity contribution in [3.05, 3.63) is 46.2 Å². The minimum Gasteiger partial charge on any atom is -0.444 e. The molecule has 1 aliphatic carbocycles. The monoisotopic (exact) mass is 400 g/mol. The van der Waals surface area contributed by atoms with Gasteiger partial charge in [0.15, 0.2) is 5.06 Å². The summed E-state index contributed by atoms with van der Waals surface area (Å²) in [7, 11) is 3.34. The predicted molar refractivity (Wildman–Crippen MR) is 104 cm³/mol. The summed E-state index contributed by atoms with van der Waals surface area (Å²) in [4.78, 5) is 31.0. The van der Waals surface area contributed by atoms with E-state index in [-0.39, 0.29) is 5.91 Å². The molecule has 9 heteroatoms. The zero-order valence-electron chi connectivity index (χ0n) is 14.7. The van der Waals surface area contributed by atoms with E-state index in [1.54, 1.807) is 26.2 Å². The molecule has 0 unspecified atom stereocenters. The third-order valence-corrected chi connectivity index (χ3v) is 6.27. The number of primary amides is 1. The van der Waals surface area contributed by atoms with Crippen molar-refractivity contribution in [3.8, 4) is 21.3 Å². The molecule has 1 aliphatic rings. The maximum absolute atomic E-state index is 12.0. The molecular formula is C18H16N4O3S2. The molecule has 3 aromatic rings. The number of aryl methyl sites for hydroxylation is 1. The lowest BCUT2D eigenvalue weighted by molar-refractivity contribution is 0.0821. The summed E-state index contributed by atoms with van der Waals surface area (Å²) in [5, 5.41) is 0.595. The molecule has 2 amide bonds. The molecular weight excluding hydrogens is 384 g/mol. The van der Waals surface area contributed by atoms with Crippen LogP contribution in [-0.4, -0.2) is 40.2 Å². The van der Waals surface area contributed by atoms with Crippen molar-refractivity contribution in [1.29, 1.82) is 0 Å². The molecule has 7 nitrogen and oxygen atoms in total. The summed E-state index contributed by atoms with van der Waals surface area (Å²) in [6, 6.07) is 3.31. The fourth-order valence-electron chi connectivity index (χ4n) is 2.99. The molecule has 0 saturated carbocycles. The van der Waals surface area contributed by atoms with Gasteiger partial charge >= 0.3 is 0 Å². The molecule has 138 valence electrons. The van der Waals surface area contributed by atoms with Gasteiger partial charge in [-0.15, -0.1) is 0 Å². The van der Waals surface area contributed by atoms with E-state index >= 15 is 0 Å². The fourth-order valence-corrected chi connectivity index (χ4v) is 5.00. The highest BCUT2D eigenvalue weighted by atomic mass is 32.1. The van der Waals surface area contributed by atoms with Gasteiger partial charge < -0.3 is 15.4 Å². The van der Waals surface area contributed by atoms with Gasteiger partial charge in [0, 0.05) is 20.3 Å². The number of rotatable bonds is 4. The van der Waals surface area contributed by atoms with Crippen LogP contribution in [-0.2, 0) is 12.8 Å². The number of hydrogen-bond acceptors (Lipinski definition) is 7. The molecule has 0 spiro atoms. The molecule has 4 rings (SSSR count). The molecule has 0 radical (unpaired) electrons. The van der Waals surface area contributed by atoms with Gasteiger partial charge in [0.2, 0.25) is 0 Å². The lowest BCUT2D eigenvalue weighted by Gasteiger charge is -2.14. The average molecular weight is 400 g/mol. The van der Waals surface area contributed by atoms with Gasteiger partial charge in [-0.1, -0.05) is 11.3 Å². The first-order chi connectivity index (χ1) is 13.0. The number of ether oxygens (including phenoxy) is 1. The van der Waals surface area contributed by atoms with Gasteiger partial charge in [-0.25, -0.2) is 9.36 Å². The molecule has 0 atom stereocenters. The van der Waals surface area contributed by atoms with Gasteiger partial charge in [0.25, 0.3) is 11.8 Å². The molecule has 0 bridgehead atoms. The molecule has 2 N–H and O–H groups in total. The zero-order valence-corrected chi connectivity index (χ0v) is 16.3. The van der Waals surface area contributed by atoms with Crippen molar-refractivity contribution in [2.24, 2.45) is 5.73 Å². The number of carbonyl (C=O) groups is 2. The second-order valence-corrected chi connectivity index (χ2v) is 8.08. The fraction of sp³-hybridized carbons (Fsp3) is 0.222. The number of hydrogen-bond donors (Lipinski definition) is 1. The molecule has 3 heterocycles. The van der Waals surface area contributed by atoms with Gasteiger partial charge in [0.1, 0.15) is 11.4 Å². The first kappa shape index (κ1) is 17.6.